The Balaban J connectivity index is 1.56. The van der Waals surface area contributed by atoms with Gasteiger partial charge in [0.2, 0.25) is 0 Å². The number of benzene rings is 2. The number of anilines is 1. The van der Waals surface area contributed by atoms with Crippen molar-refractivity contribution in [1.29, 1.82) is 0 Å². The second kappa shape index (κ2) is 9.82. The third kappa shape index (κ3) is 6.07. The van der Waals surface area contributed by atoms with Crippen LogP contribution in [0.3, 0.4) is 0 Å². The number of nitrogens with zero attached hydrogens (tertiary/aromatic N) is 1. The number of amides is 1. The molecule has 0 radical (unpaired) electrons. The number of halogens is 3. The number of para-hydroxylation sites is 1. The number of hydrogen-bond donors (Lipinski definition) is 1. The van der Waals surface area contributed by atoms with Crippen LogP contribution < -0.4 is 10.1 Å². The average Bonchev–Trinajstić information content (AvgIpc) is 3.17. The van der Waals surface area contributed by atoms with Crippen molar-refractivity contribution in [1.82, 2.24) is 4.98 Å². The van der Waals surface area contributed by atoms with E-state index in [0.29, 0.717) is 5.75 Å². The molecule has 0 spiro atoms. The predicted molar refractivity (Wildman–Crippen MR) is 113 cm³/mol. The zero-order valence-electron chi connectivity index (χ0n) is 17.1. The summed E-state index contributed by atoms with van der Waals surface area (Å²) in [5.41, 5.74) is -0.444. The number of esters is 1. The summed E-state index contributed by atoms with van der Waals surface area (Å²) in [4.78, 5) is 28.8. The van der Waals surface area contributed by atoms with Gasteiger partial charge < -0.3 is 14.8 Å². The van der Waals surface area contributed by atoms with Gasteiger partial charge in [0.15, 0.2) is 6.10 Å². The van der Waals surface area contributed by atoms with Crippen LogP contribution in [0.4, 0.5) is 18.9 Å². The van der Waals surface area contributed by atoms with Crippen molar-refractivity contribution in [2.24, 2.45) is 0 Å². The fourth-order valence-electron chi connectivity index (χ4n) is 2.67. The van der Waals surface area contributed by atoms with Gasteiger partial charge in [-0.15, -0.1) is 11.3 Å². The Labute approximate surface area is 186 Å². The molecule has 32 heavy (non-hydrogen) atoms. The van der Waals surface area contributed by atoms with E-state index in [1.54, 1.807) is 12.1 Å². The van der Waals surface area contributed by atoms with Crippen molar-refractivity contribution in [2.45, 2.75) is 32.7 Å². The number of carbonyl (C=O) groups excluding carboxylic acids is 2. The maximum atomic E-state index is 13.1. The van der Waals surface area contributed by atoms with Crippen LogP contribution in [0.25, 0.3) is 0 Å². The molecule has 0 aliphatic heterocycles. The quantitative estimate of drug-likeness (QED) is 0.485. The molecule has 0 fully saturated rings. The van der Waals surface area contributed by atoms with Crippen molar-refractivity contribution in [2.75, 3.05) is 5.32 Å². The van der Waals surface area contributed by atoms with E-state index in [4.69, 9.17) is 9.47 Å². The largest absolute Gasteiger partial charge is 0.487 e. The molecule has 1 amide bonds. The van der Waals surface area contributed by atoms with Gasteiger partial charge in [-0.2, -0.15) is 13.2 Å². The van der Waals surface area contributed by atoms with Crippen molar-refractivity contribution in [3.05, 3.63) is 75.7 Å². The minimum atomic E-state index is -4.63. The zero-order chi connectivity index (χ0) is 23.3. The molecular formula is C22H19F3N2O4S. The number of hydrogen-bond acceptors (Lipinski definition) is 6. The number of carbonyl (C=O) groups is 2. The second-order valence-electron chi connectivity index (χ2n) is 6.75. The molecular weight excluding hydrogens is 445 g/mol. The number of rotatable bonds is 7. The van der Waals surface area contributed by atoms with E-state index in [-0.39, 0.29) is 12.2 Å². The van der Waals surface area contributed by atoms with Crippen LogP contribution in [0.1, 0.15) is 33.5 Å². The zero-order valence-corrected chi connectivity index (χ0v) is 17.9. The molecule has 0 saturated carbocycles. The molecule has 10 heteroatoms. The van der Waals surface area contributed by atoms with Crippen LogP contribution in [0, 0.1) is 6.92 Å². The summed E-state index contributed by atoms with van der Waals surface area (Å²) in [5.74, 6) is -1.16. The van der Waals surface area contributed by atoms with E-state index >= 15 is 0 Å². The lowest BCUT2D eigenvalue weighted by Crippen LogP contribution is -2.30. The van der Waals surface area contributed by atoms with E-state index < -0.39 is 35.4 Å². The molecule has 3 rings (SSSR count). The Morgan fingerprint density at radius 2 is 1.81 bits per heavy atom. The number of thiazole rings is 1. The van der Waals surface area contributed by atoms with Crippen molar-refractivity contribution in [3.63, 3.8) is 0 Å². The molecule has 0 bridgehead atoms. The van der Waals surface area contributed by atoms with Crippen molar-refractivity contribution >= 4 is 28.9 Å². The maximum Gasteiger partial charge on any atom is 0.418 e. The number of ether oxygens (including phenoxy) is 2. The second-order valence-corrected chi connectivity index (χ2v) is 7.81. The standard InChI is InChI=1S/C22H19F3N2O4S/c1-13(20(28)27-19-6-4-3-5-18(19)22(23,24)25)31-21(29)15-7-9-17(10-8-15)30-11-16-12-32-14(2)26-16/h3-10,12-13H,11H2,1-2H3,(H,27,28). The van der Waals surface area contributed by atoms with E-state index in [1.807, 2.05) is 12.3 Å². The minimum absolute atomic E-state index is 0.164. The Kier molecular flexibility index (Phi) is 7.14. The average molecular weight is 464 g/mol. The monoisotopic (exact) mass is 464 g/mol. The van der Waals surface area contributed by atoms with Gasteiger partial charge in [0.05, 0.1) is 27.5 Å². The molecule has 0 saturated heterocycles. The third-order valence-corrected chi connectivity index (χ3v) is 5.11. The first-order chi connectivity index (χ1) is 15.1. The first-order valence-corrected chi connectivity index (χ1v) is 10.3. The molecule has 0 aliphatic rings. The summed E-state index contributed by atoms with van der Waals surface area (Å²) in [5, 5.41) is 4.98. The third-order valence-electron chi connectivity index (χ3n) is 4.29. The predicted octanol–water partition coefficient (Wildman–Crippen LogP) is 5.23. The molecule has 1 heterocycles. The van der Waals surface area contributed by atoms with Crippen LogP contribution in [-0.4, -0.2) is 23.0 Å². The number of alkyl halides is 3. The Bertz CT molecular complexity index is 1100. The van der Waals surface area contributed by atoms with Gasteiger partial charge >= 0.3 is 12.1 Å². The van der Waals surface area contributed by atoms with Crippen molar-refractivity contribution < 1.29 is 32.2 Å². The van der Waals surface area contributed by atoms with Gasteiger partial charge in [-0.3, -0.25) is 4.79 Å². The van der Waals surface area contributed by atoms with E-state index in [9.17, 15) is 22.8 Å². The van der Waals surface area contributed by atoms with Gasteiger partial charge in [0.1, 0.15) is 12.4 Å². The van der Waals surface area contributed by atoms with Crippen molar-refractivity contribution in [3.8, 4) is 5.75 Å². The Morgan fingerprint density at radius 1 is 1.12 bits per heavy atom. The summed E-state index contributed by atoms with van der Waals surface area (Å²) < 4.78 is 49.9. The van der Waals surface area contributed by atoms with E-state index in [0.717, 1.165) is 22.8 Å². The smallest absolute Gasteiger partial charge is 0.418 e. The lowest BCUT2D eigenvalue weighted by atomic mass is 10.1. The van der Waals surface area contributed by atoms with Crippen LogP contribution in [0.5, 0.6) is 5.75 Å². The van der Waals surface area contributed by atoms with E-state index in [2.05, 4.69) is 10.3 Å². The van der Waals surface area contributed by atoms with Gasteiger partial charge in [0, 0.05) is 5.38 Å². The van der Waals surface area contributed by atoms with Crippen LogP contribution in [-0.2, 0) is 22.3 Å². The summed E-state index contributed by atoms with van der Waals surface area (Å²) in [6.07, 6.45) is -5.95. The van der Waals surface area contributed by atoms with Crippen LogP contribution in [0.15, 0.2) is 53.9 Å². The molecule has 1 atom stereocenters. The SMILES string of the molecule is Cc1nc(COc2ccc(C(=O)OC(C)C(=O)Nc3ccccc3C(F)(F)F)cc2)cs1. The van der Waals surface area contributed by atoms with Gasteiger partial charge in [-0.05, 0) is 50.2 Å². The van der Waals surface area contributed by atoms with Gasteiger partial charge in [0.25, 0.3) is 5.91 Å². The minimum Gasteiger partial charge on any atom is -0.487 e. The number of nitrogens with one attached hydrogen (secondary N) is 1. The fourth-order valence-corrected chi connectivity index (χ4v) is 3.27. The normalized spacial score (nSPS) is 12.2. The van der Waals surface area contributed by atoms with Gasteiger partial charge in [-0.25, -0.2) is 9.78 Å². The highest BCUT2D eigenvalue weighted by Gasteiger charge is 2.34. The first kappa shape index (κ1) is 23.3. The lowest BCUT2D eigenvalue weighted by Gasteiger charge is -2.17. The van der Waals surface area contributed by atoms with E-state index in [1.165, 1.54) is 42.5 Å². The molecule has 1 aromatic heterocycles. The van der Waals surface area contributed by atoms with Crippen LogP contribution >= 0.6 is 11.3 Å². The number of aryl methyl sites for hydroxylation is 1. The fraction of sp³-hybridized carbons (Fsp3) is 0.227. The Morgan fingerprint density at radius 3 is 2.44 bits per heavy atom. The van der Waals surface area contributed by atoms with Gasteiger partial charge in [-0.1, -0.05) is 12.1 Å². The van der Waals surface area contributed by atoms with Crippen LogP contribution in [0.2, 0.25) is 0 Å². The molecule has 1 unspecified atom stereocenters. The topological polar surface area (TPSA) is 77.5 Å². The molecule has 3 aromatic rings. The summed E-state index contributed by atoms with van der Waals surface area (Å²) in [6, 6.07) is 10.6. The highest BCUT2D eigenvalue weighted by molar-refractivity contribution is 7.09. The molecule has 1 N–H and O–H groups in total. The highest BCUT2D eigenvalue weighted by atomic mass is 32.1. The molecule has 0 aliphatic carbocycles. The molecule has 168 valence electrons. The summed E-state index contributed by atoms with van der Waals surface area (Å²) in [7, 11) is 0. The molecule has 6 nitrogen and oxygen atoms in total. The lowest BCUT2D eigenvalue weighted by molar-refractivity contribution is -0.137. The Hall–Kier alpha value is -3.40. The summed E-state index contributed by atoms with van der Waals surface area (Å²) in [6.45, 7) is 3.45. The number of aromatic nitrogens is 1. The highest BCUT2D eigenvalue weighted by Crippen LogP contribution is 2.34. The maximum absolute atomic E-state index is 13.1. The first-order valence-electron chi connectivity index (χ1n) is 9.45. The molecule has 2 aromatic carbocycles. The summed E-state index contributed by atoms with van der Waals surface area (Å²) >= 11 is 1.52.